The zero-order valence-electron chi connectivity index (χ0n) is 11.3. The van der Waals surface area contributed by atoms with E-state index in [4.69, 9.17) is 0 Å². The number of carbonyl (C=O) groups excluding carboxylic acids is 2. The van der Waals surface area contributed by atoms with E-state index >= 15 is 0 Å². The highest BCUT2D eigenvalue weighted by atomic mass is 32.1. The summed E-state index contributed by atoms with van der Waals surface area (Å²) >= 11 is 1.36. The van der Waals surface area contributed by atoms with Crippen LogP contribution in [0.5, 0.6) is 0 Å². The normalized spacial score (nSPS) is 10.3. The van der Waals surface area contributed by atoms with Crippen molar-refractivity contribution in [1.29, 1.82) is 0 Å². The van der Waals surface area contributed by atoms with Crippen molar-refractivity contribution < 1.29 is 9.59 Å². The van der Waals surface area contributed by atoms with Crippen LogP contribution in [-0.2, 0) is 17.8 Å². The van der Waals surface area contributed by atoms with Gasteiger partial charge in [0, 0.05) is 6.20 Å². The highest BCUT2D eigenvalue weighted by Gasteiger charge is 2.08. The number of aryl methyl sites for hydroxylation is 1. The van der Waals surface area contributed by atoms with Crippen molar-refractivity contribution in [3.05, 3.63) is 45.7 Å². The molecule has 0 spiro atoms. The Morgan fingerprint density at radius 1 is 1.30 bits per heavy atom. The van der Waals surface area contributed by atoms with Gasteiger partial charge in [-0.25, -0.2) is 0 Å². The Hall–Kier alpha value is -2.08. The smallest absolute Gasteiger partial charge is 0.224 e. The van der Waals surface area contributed by atoms with Gasteiger partial charge in [-0.3, -0.25) is 19.6 Å². The Labute approximate surface area is 121 Å². The van der Waals surface area contributed by atoms with Crippen LogP contribution in [0.3, 0.4) is 0 Å². The van der Waals surface area contributed by atoms with E-state index in [1.54, 1.807) is 18.5 Å². The predicted molar refractivity (Wildman–Crippen MR) is 76.6 cm³/mol. The molecule has 0 unspecified atom stereocenters. The number of aromatic nitrogens is 2. The van der Waals surface area contributed by atoms with Crippen molar-refractivity contribution in [3.8, 4) is 0 Å². The Morgan fingerprint density at radius 2 is 2.10 bits per heavy atom. The third kappa shape index (κ3) is 3.96. The SMILES string of the molecule is CC(=O)c1cc(CC(=O)NCc2cnc(C)cn2)cs1. The maximum absolute atomic E-state index is 11.8. The number of hydrogen-bond acceptors (Lipinski definition) is 5. The molecule has 0 saturated carbocycles. The monoisotopic (exact) mass is 289 g/mol. The molecule has 6 heteroatoms. The average molecular weight is 289 g/mol. The lowest BCUT2D eigenvalue weighted by molar-refractivity contribution is -0.120. The molecule has 2 rings (SSSR count). The maximum atomic E-state index is 11.8. The zero-order valence-corrected chi connectivity index (χ0v) is 12.2. The quantitative estimate of drug-likeness (QED) is 0.853. The summed E-state index contributed by atoms with van der Waals surface area (Å²) in [6.07, 6.45) is 3.58. The van der Waals surface area contributed by atoms with Crippen LogP contribution in [0.15, 0.2) is 23.8 Å². The molecule has 0 fully saturated rings. The number of hydrogen-bond donors (Lipinski definition) is 1. The molecule has 0 aromatic carbocycles. The maximum Gasteiger partial charge on any atom is 0.224 e. The first-order chi connectivity index (χ1) is 9.54. The summed E-state index contributed by atoms with van der Waals surface area (Å²) in [5, 5.41) is 4.62. The molecule has 0 atom stereocenters. The van der Waals surface area contributed by atoms with Crippen LogP contribution in [0.4, 0.5) is 0 Å². The van der Waals surface area contributed by atoms with Gasteiger partial charge in [0.2, 0.25) is 5.91 Å². The summed E-state index contributed by atoms with van der Waals surface area (Å²) in [6, 6.07) is 1.76. The van der Waals surface area contributed by atoms with Crippen LogP contribution in [-0.4, -0.2) is 21.7 Å². The highest BCUT2D eigenvalue weighted by molar-refractivity contribution is 7.12. The third-order valence-electron chi connectivity index (χ3n) is 2.67. The van der Waals surface area contributed by atoms with E-state index in [2.05, 4.69) is 15.3 Å². The van der Waals surface area contributed by atoms with E-state index in [1.165, 1.54) is 18.3 Å². The lowest BCUT2D eigenvalue weighted by Crippen LogP contribution is -2.24. The largest absolute Gasteiger partial charge is 0.350 e. The van der Waals surface area contributed by atoms with Gasteiger partial charge in [-0.15, -0.1) is 11.3 Å². The van der Waals surface area contributed by atoms with Crippen molar-refractivity contribution >= 4 is 23.0 Å². The average Bonchev–Trinajstić information content (AvgIpc) is 2.87. The van der Waals surface area contributed by atoms with Crippen LogP contribution < -0.4 is 5.32 Å². The Bertz CT molecular complexity index is 620. The topological polar surface area (TPSA) is 72.0 Å². The minimum atomic E-state index is -0.0970. The Kier molecular flexibility index (Phi) is 4.57. The molecule has 2 aromatic heterocycles. The number of carbonyl (C=O) groups is 2. The van der Waals surface area contributed by atoms with Gasteiger partial charge in [-0.1, -0.05) is 0 Å². The minimum absolute atomic E-state index is 0.0246. The molecule has 0 radical (unpaired) electrons. The molecule has 2 aromatic rings. The van der Waals surface area contributed by atoms with E-state index in [0.717, 1.165) is 17.0 Å². The molecule has 0 saturated heterocycles. The summed E-state index contributed by atoms with van der Waals surface area (Å²) in [5.74, 6) is -0.0723. The lowest BCUT2D eigenvalue weighted by Gasteiger charge is -2.03. The van der Waals surface area contributed by atoms with Crippen LogP contribution in [0.1, 0.15) is 33.5 Å². The van der Waals surface area contributed by atoms with Crippen LogP contribution in [0.2, 0.25) is 0 Å². The summed E-state index contributed by atoms with van der Waals surface area (Å²) < 4.78 is 0. The highest BCUT2D eigenvalue weighted by Crippen LogP contribution is 2.15. The number of ketones is 1. The fourth-order valence-corrected chi connectivity index (χ4v) is 2.42. The summed E-state index contributed by atoms with van der Waals surface area (Å²) in [6.45, 7) is 3.74. The van der Waals surface area contributed by atoms with Crippen molar-refractivity contribution in [2.24, 2.45) is 0 Å². The van der Waals surface area contributed by atoms with Gasteiger partial charge >= 0.3 is 0 Å². The van der Waals surface area contributed by atoms with Crippen molar-refractivity contribution in [2.45, 2.75) is 26.8 Å². The second-order valence-corrected chi connectivity index (χ2v) is 5.39. The second-order valence-electron chi connectivity index (χ2n) is 4.48. The molecule has 2 heterocycles. The molecular weight excluding hydrogens is 274 g/mol. The van der Waals surface area contributed by atoms with Gasteiger partial charge in [-0.2, -0.15) is 0 Å². The van der Waals surface area contributed by atoms with Gasteiger partial charge in [0.1, 0.15) is 0 Å². The number of nitrogens with one attached hydrogen (secondary N) is 1. The Balaban J connectivity index is 1.85. The standard InChI is InChI=1S/C14H15N3O2S/c1-9-5-16-12(6-15-9)7-17-14(19)4-11-3-13(10(2)18)20-8-11/h3,5-6,8H,4,7H2,1-2H3,(H,17,19). The fourth-order valence-electron chi connectivity index (χ4n) is 1.60. The molecular formula is C14H15N3O2S. The molecule has 20 heavy (non-hydrogen) atoms. The summed E-state index contributed by atoms with van der Waals surface area (Å²) in [7, 11) is 0. The first kappa shape index (κ1) is 14.3. The molecule has 0 aliphatic carbocycles. The van der Waals surface area contributed by atoms with Gasteiger partial charge in [0.25, 0.3) is 0 Å². The number of amides is 1. The Morgan fingerprint density at radius 3 is 2.70 bits per heavy atom. The van der Waals surface area contributed by atoms with E-state index in [-0.39, 0.29) is 18.1 Å². The molecule has 1 N–H and O–H groups in total. The van der Waals surface area contributed by atoms with E-state index in [0.29, 0.717) is 11.4 Å². The third-order valence-corrected chi connectivity index (χ3v) is 3.75. The number of nitrogens with zero attached hydrogens (tertiary/aromatic N) is 2. The first-order valence-corrected chi connectivity index (χ1v) is 7.05. The fraction of sp³-hybridized carbons (Fsp3) is 0.286. The molecule has 0 aliphatic heterocycles. The lowest BCUT2D eigenvalue weighted by atomic mass is 10.2. The van der Waals surface area contributed by atoms with E-state index in [9.17, 15) is 9.59 Å². The van der Waals surface area contributed by atoms with Crippen LogP contribution in [0.25, 0.3) is 0 Å². The molecule has 5 nitrogen and oxygen atoms in total. The summed E-state index contributed by atoms with van der Waals surface area (Å²) in [5.41, 5.74) is 2.42. The first-order valence-electron chi connectivity index (χ1n) is 6.17. The summed E-state index contributed by atoms with van der Waals surface area (Å²) in [4.78, 5) is 31.9. The minimum Gasteiger partial charge on any atom is -0.350 e. The van der Waals surface area contributed by atoms with Gasteiger partial charge in [0.15, 0.2) is 5.78 Å². The zero-order chi connectivity index (χ0) is 14.5. The van der Waals surface area contributed by atoms with Crippen molar-refractivity contribution in [3.63, 3.8) is 0 Å². The molecule has 104 valence electrons. The number of Topliss-reactive ketones (excluding diaryl/α,β-unsaturated/α-hetero) is 1. The number of rotatable bonds is 5. The van der Waals surface area contributed by atoms with Gasteiger partial charge in [0.05, 0.1) is 35.4 Å². The van der Waals surface area contributed by atoms with E-state index in [1.807, 2.05) is 12.3 Å². The number of thiophene rings is 1. The van der Waals surface area contributed by atoms with Crippen molar-refractivity contribution in [2.75, 3.05) is 0 Å². The van der Waals surface area contributed by atoms with Crippen molar-refractivity contribution in [1.82, 2.24) is 15.3 Å². The van der Waals surface area contributed by atoms with E-state index < -0.39 is 0 Å². The molecule has 1 amide bonds. The van der Waals surface area contributed by atoms with Gasteiger partial charge < -0.3 is 5.32 Å². The molecule has 0 bridgehead atoms. The van der Waals surface area contributed by atoms with Crippen LogP contribution >= 0.6 is 11.3 Å². The predicted octanol–water partition coefficient (Wildman–Crippen LogP) is 1.91. The van der Waals surface area contributed by atoms with Crippen LogP contribution in [0, 0.1) is 6.92 Å². The van der Waals surface area contributed by atoms with Gasteiger partial charge in [-0.05, 0) is 30.9 Å². The molecule has 0 aliphatic rings. The second kappa shape index (κ2) is 6.38.